The first-order valence-electron chi connectivity index (χ1n) is 14.3. The minimum absolute atomic E-state index is 0.0232. The Labute approximate surface area is 264 Å². The molecule has 3 aromatic rings. The van der Waals surface area contributed by atoms with Gasteiger partial charge in [-0.05, 0) is 68.7 Å². The second kappa shape index (κ2) is 14.5. The van der Waals surface area contributed by atoms with Gasteiger partial charge in [-0.25, -0.2) is 8.42 Å². The lowest BCUT2D eigenvalue weighted by Gasteiger charge is -2.33. The van der Waals surface area contributed by atoms with E-state index in [0.717, 1.165) is 42.0 Å². The molecule has 0 bridgehead atoms. The molecule has 0 aromatic heterocycles. The van der Waals surface area contributed by atoms with Crippen LogP contribution in [0.15, 0.2) is 71.6 Å². The molecular weight excluding hydrogens is 609 g/mol. The van der Waals surface area contributed by atoms with Crippen LogP contribution < -0.4 is 14.4 Å². The van der Waals surface area contributed by atoms with Crippen molar-refractivity contribution in [3.05, 3.63) is 87.9 Å². The van der Waals surface area contributed by atoms with E-state index in [2.05, 4.69) is 5.32 Å². The van der Waals surface area contributed by atoms with Gasteiger partial charge in [0.05, 0.1) is 17.7 Å². The van der Waals surface area contributed by atoms with Crippen molar-refractivity contribution in [3.8, 4) is 5.75 Å². The third-order valence-electron chi connectivity index (χ3n) is 7.70. The zero-order chi connectivity index (χ0) is 31.1. The SMILES string of the molecule is COc1cccc(N(CC(=O)N(Cc2ccc(Cl)cc2Cl)[C@H](C)C(=O)NC2CCCCC2)S(=O)(=O)c2ccc(C)cc2)c1. The summed E-state index contributed by atoms with van der Waals surface area (Å²) >= 11 is 12.6. The number of hydrogen-bond donors (Lipinski definition) is 1. The molecule has 1 fully saturated rings. The fourth-order valence-corrected chi connectivity index (χ4v) is 6.99. The average Bonchev–Trinajstić information content (AvgIpc) is 2.99. The van der Waals surface area contributed by atoms with Gasteiger partial charge >= 0.3 is 0 Å². The van der Waals surface area contributed by atoms with E-state index in [9.17, 15) is 18.0 Å². The summed E-state index contributed by atoms with van der Waals surface area (Å²) in [6, 6.07) is 17.0. The van der Waals surface area contributed by atoms with E-state index in [-0.39, 0.29) is 29.1 Å². The van der Waals surface area contributed by atoms with E-state index in [4.69, 9.17) is 27.9 Å². The van der Waals surface area contributed by atoms with Crippen molar-refractivity contribution >= 4 is 50.7 Å². The standard InChI is InChI=1S/C32H37Cl2N3O5S/c1-22-12-16-29(17-13-22)43(40,41)37(27-10-7-11-28(19-27)42-3)21-31(38)36(20-24-14-15-25(33)18-30(24)34)23(2)32(39)35-26-8-5-4-6-9-26/h7,10-19,23,26H,4-6,8-9,20-21H2,1-3H3,(H,35,39)/t23-/m1/s1. The molecule has 1 aliphatic rings. The Bertz CT molecular complexity index is 1540. The molecule has 230 valence electrons. The van der Waals surface area contributed by atoms with Gasteiger partial charge < -0.3 is 15.0 Å². The minimum atomic E-state index is -4.19. The van der Waals surface area contributed by atoms with Gasteiger partial charge in [-0.15, -0.1) is 0 Å². The molecule has 0 saturated heterocycles. The lowest BCUT2D eigenvalue weighted by atomic mass is 9.95. The largest absolute Gasteiger partial charge is 0.497 e. The highest BCUT2D eigenvalue weighted by Gasteiger charge is 2.33. The maximum atomic E-state index is 14.2. The number of sulfonamides is 1. The topological polar surface area (TPSA) is 96.0 Å². The van der Waals surface area contributed by atoms with Gasteiger partial charge in [0.25, 0.3) is 10.0 Å². The summed E-state index contributed by atoms with van der Waals surface area (Å²) in [6.07, 6.45) is 4.97. The molecule has 2 amide bonds. The van der Waals surface area contributed by atoms with E-state index < -0.39 is 28.5 Å². The lowest BCUT2D eigenvalue weighted by molar-refractivity contribution is -0.139. The van der Waals surface area contributed by atoms with Crippen LogP contribution in [0.4, 0.5) is 5.69 Å². The summed E-state index contributed by atoms with van der Waals surface area (Å²) in [5.41, 5.74) is 1.72. The average molecular weight is 647 g/mol. The molecule has 43 heavy (non-hydrogen) atoms. The first-order valence-corrected chi connectivity index (χ1v) is 16.5. The number of nitrogens with one attached hydrogen (secondary N) is 1. The van der Waals surface area contributed by atoms with Crippen molar-refractivity contribution in [1.82, 2.24) is 10.2 Å². The zero-order valence-corrected chi connectivity index (χ0v) is 26.9. The number of nitrogens with zero attached hydrogens (tertiary/aromatic N) is 2. The number of benzene rings is 3. The number of rotatable bonds is 11. The van der Waals surface area contributed by atoms with Crippen molar-refractivity contribution in [2.45, 2.75) is 69.5 Å². The van der Waals surface area contributed by atoms with Crippen LogP contribution >= 0.6 is 23.2 Å². The molecule has 0 aliphatic heterocycles. The molecule has 0 spiro atoms. The monoisotopic (exact) mass is 645 g/mol. The van der Waals surface area contributed by atoms with Crippen LogP contribution in [0.3, 0.4) is 0 Å². The molecule has 8 nitrogen and oxygen atoms in total. The summed E-state index contributed by atoms with van der Waals surface area (Å²) in [6.45, 7) is 2.92. The summed E-state index contributed by atoms with van der Waals surface area (Å²) < 4.78 is 34.4. The molecule has 0 unspecified atom stereocenters. The number of amides is 2. The maximum absolute atomic E-state index is 14.2. The molecular formula is C32H37Cl2N3O5S. The fraction of sp³-hybridized carbons (Fsp3) is 0.375. The van der Waals surface area contributed by atoms with Crippen molar-refractivity contribution in [1.29, 1.82) is 0 Å². The van der Waals surface area contributed by atoms with E-state index in [1.165, 1.54) is 24.1 Å². The molecule has 11 heteroatoms. The number of aryl methyl sites for hydroxylation is 1. The predicted molar refractivity (Wildman–Crippen MR) is 170 cm³/mol. The van der Waals surface area contributed by atoms with E-state index in [0.29, 0.717) is 21.4 Å². The van der Waals surface area contributed by atoms with Gasteiger partial charge in [0, 0.05) is 28.7 Å². The van der Waals surface area contributed by atoms with Gasteiger partial charge in [0.1, 0.15) is 18.3 Å². The van der Waals surface area contributed by atoms with E-state index in [1.807, 2.05) is 6.92 Å². The van der Waals surface area contributed by atoms with Crippen LogP contribution in [0, 0.1) is 6.92 Å². The van der Waals surface area contributed by atoms with Crippen LogP contribution in [0.2, 0.25) is 10.0 Å². The quantitative estimate of drug-likeness (QED) is 0.261. The maximum Gasteiger partial charge on any atom is 0.264 e. The predicted octanol–water partition coefficient (Wildman–Crippen LogP) is 6.37. The Morgan fingerprint density at radius 1 is 1.00 bits per heavy atom. The first kappa shape index (κ1) is 32.6. The van der Waals surface area contributed by atoms with Crippen molar-refractivity contribution in [3.63, 3.8) is 0 Å². The fourth-order valence-electron chi connectivity index (χ4n) is 5.12. The molecule has 1 aliphatic carbocycles. The van der Waals surface area contributed by atoms with Crippen molar-refractivity contribution in [2.24, 2.45) is 0 Å². The summed E-state index contributed by atoms with van der Waals surface area (Å²) in [7, 11) is -2.71. The van der Waals surface area contributed by atoms with Crippen molar-refractivity contribution < 1.29 is 22.7 Å². The van der Waals surface area contributed by atoms with Gasteiger partial charge in [-0.3, -0.25) is 13.9 Å². The smallest absolute Gasteiger partial charge is 0.264 e. The second-order valence-corrected chi connectivity index (χ2v) is 13.5. The highest BCUT2D eigenvalue weighted by atomic mass is 35.5. The van der Waals surface area contributed by atoms with Gasteiger partial charge in [0.15, 0.2) is 0 Å². The van der Waals surface area contributed by atoms with Crippen LogP contribution in [-0.4, -0.2) is 50.9 Å². The number of ether oxygens (including phenoxy) is 1. The second-order valence-electron chi connectivity index (χ2n) is 10.8. The summed E-state index contributed by atoms with van der Waals surface area (Å²) in [5, 5.41) is 3.86. The van der Waals surface area contributed by atoms with Gasteiger partial charge in [0.2, 0.25) is 11.8 Å². The van der Waals surface area contributed by atoms with E-state index >= 15 is 0 Å². The third kappa shape index (κ3) is 8.22. The third-order valence-corrected chi connectivity index (χ3v) is 10.1. The number of methoxy groups -OCH3 is 1. The van der Waals surface area contributed by atoms with E-state index in [1.54, 1.807) is 61.5 Å². The molecule has 1 atom stereocenters. The Balaban J connectivity index is 1.71. The van der Waals surface area contributed by atoms with Crippen LogP contribution in [0.5, 0.6) is 5.75 Å². The number of carbonyl (C=O) groups is 2. The molecule has 0 heterocycles. The first-order chi connectivity index (χ1) is 20.5. The molecule has 1 saturated carbocycles. The molecule has 0 radical (unpaired) electrons. The summed E-state index contributed by atoms with van der Waals surface area (Å²) in [5.74, 6) is -0.449. The Morgan fingerprint density at radius 3 is 2.35 bits per heavy atom. The normalized spacial score (nSPS) is 14.5. The van der Waals surface area contributed by atoms with Gasteiger partial charge in [-0.2, -0.15) is 0 Å². The molecule has 3 aromatic carbocycles. The highest BCUT2D eigenvalue weighted by Crippen LogP contribution is 2.29. The Kier molecular flexibility index (Phi) is 11.0. The number of hydrogen-bond acceptors (Lipinski definition) is 5. The molecule has 4 rings (SSSR count). The van der Waals surface area contributed by atoms with Crippen molar-refractivity contribution in [2.75, 3.05) is 18.0 Å². The van der Waals surface area contributed by atoms with Crippen LogP contribution in [-0.2, 0) is 26.2 Å². The Hall–Kier alpha value is -3.27. The van der Waals surface area contributed by atoms with Gasteiger partial charge in [-0.1, -0.05) is 72.3 Å². The number of carbonyl (C=O) groups excluding carboxylic acids is 2. The number of anilines is 1. The highest BCUT2D eigenvalue weighted by molar-refractivity contribution is 7.92. The number of halogens is 2. The molecule has 1 N–H and O–H groups in total. The minimum Gasteiger partial charge on any atom is -0.497 e. The zero-order valence-electron chi connectivity index (χ0n) is 24.6. The van der Waals surface area contributed by atoms with Crippen LogP contribution in [0.25, 0.3) is 0 Å². The Morgan fingerprint density at radius 2 is 1.70 bits per heavy atom. The lowest BCUT2D eigenvalue weighted by Crippen LogP contribution is -2.53. The van der Waals surface area contributed by atoms with Crippen LogP contribution in [0.1, 0.15) is 50.2 Å². The summed E-state index contributed by atoms with van der Waals surface area (Å²) in [4.78, 5) is 29.0.